The van der Waals surface area contributed by atoms with Crippen molar-refractivity contribution in [1.29, 1.82) is 0 Å². The monoisotopic (exact) mass is 540 g/mol. The zero-order chi connectivity index (χ0) is 27.3. The second kappa shape index (κ2) is 10.3. The van der Waals surface area contributed by atoms with Gasteiger partial charge in [0.25, 0.3) is 0 Å². The average molecular weight is 541 g/mol. The molecule has 8 heteroatoms. The van der Waals surface area contributed by atoms with E-state index in [-0.39, 0.29) is 60.0 Å². The van der Waals surface area contributed by atoms with E-state index in [4.69, 9.17) is 21.7 Å². The molecule has 9 atom stereocenters. The maximum absolute atomic E-state index is 15.8. The van der Waals surface area contributed by atoms with Crippen LogP contribution < -0.4 is 0 Å². The fraction of sp³-hybridized carbons (Fsp3) is 0.828. The van der Waals surface area contributed by atoms with E-state index in [1.807, 2.05) is 20.8 Å². The van der Waals surface area contributed by atoms with Gasteiger partial charge in [-0.15, -0.1) is 0 Å². The van der Waals surface area contributed by atoms with E-state index in [9.17, 15) is 14.7 Å². The molecule has 0 radical (unpaired) electrons. The molecule has 0 aromatic heterocycles. The van der Waals surface area contributed by atoms with Crippen LogP contribution in [-0.2, 0) is 19.1 Å². The van der Waals surface area contributed by atoms with Gasteiger partial charge in [0.15, 0.2) is 17.2 Å². The number of hydrogen-bond acceptors (Lipinski definition) is 6. The van der Waals surface area contributed by atoms with Crippen molar-refractivity contribution in [2.24, 2.45) is 34.5 Å². The molecule has 3 saturated carbocycles. The molecule has 0 heterocycles. The van der Waals surface area contributed by atoms with Crippen molar-refractivity contribution in [3.63, 3.8) is 0 Å². The molecule has 208 valence electrons. The predicted octanol–water partition coefficient (Wildman–Crippen LogP) is 6.21. The summed E-state index contributed by atoms with van der Waals surface area (Å²) < 4.78 is 43.1. The summed E-state index contributed by atoms with van der Waals surface area (Å²) in [5.41, 5.74) is -3.00. The summed E-state index contributed by atoms with van der Waals surface area (Å²) in [6.45, 7) is 10.1. The average Bonchev–Trinajstić information content (AvgIpc) is 3.05. The second-order valence-electron chi connectivity index (χ2n) is 12.3. The van der Waals surface area contributed by atoms with E-state index in [2.05, 4.69) is 6.92 Å². The third kappa shape index (κ3) is 4.19. The van der Waals surface area contributed by atoms with Gasteiger partial charge in [-0.05, 0) is 62.1 Å². The number of carbonyl (C=O) groups excluding carboxylic acids is 2. The van der Waals surface area contributed by atoms with Crippen molar-refractivity contribution >= 4 is 29.0 Å². The van der Waals surface area contributed by atoms with E-state index in [0.717, 1.165) is 19.3 Å². The van der Waals surface area contributed by atoms with Crippen LogP contribution in [0.25, 0.3) is 0 Å². The molecule has 0 aromatic rings. The number of aliphatic hydroxyl groups excluding tert-OH is 1. The van der Waals surface area contributed by atoms with Crippen molar-refractivity contribution in [3.8, 4) is 0 Å². The number of ether oxygens (including phenoxy) is 2. The Morgan fingerprint density at radius 3 is 2.57 bits per heavy atom. The van der Waals surface area contributed by atoms with E-state index in [1.165, 1.54) is 0 Å². The fourth-order valence-corrected chi connectivity index (χ4v) is 9.25. The summed E-state index contributed by atoms with van der Waals surface area (Å²) in [7, 11) is 0. The van der Waals surface area contributed by atoms with Gasteiger partial charge in [0.1, 0.15) is 6.17 Å². The SMILES string of the molecule is CCCCCOC(=S)[C@@]1(OC(=O)CC)[C@H](C)C[C@H]2[C@@H]3C[C@H](F)C4=C(F)C(=O)CC[C@]4(C)[C@H]3[C@@H](O)C[C@@]21C. The van der Waals surface area contributed by atoms with Gasteiger partial charge < -0.3 is 14.6 Å². The van der Waals surface area contributed by atoms with Gasteiger partial charge in [-0.1, -0.05) is 47.5 Å². The van der Waals surface area contributed by atoms with E-state index >= 15 is 8.78 Å². The maximum Gasteiger partial charge on any atom is 0.306 e. The Kier molecular flexibility index (Phi) is 7.95. The fourth-order valence-electron chi connectivity index (χ4n) is 8.69. The molecule has 0 bridgehead atoms. The van der Waals surface area contributed by atoms with E-state index in [1.54, 1.807) is 6.92 Å². The predicted molar refractivity (Wildman–Crippen MR) is 140 cm³/mol. The number of unbranched alkanes of at least 4 members (excludes halogenated alkanes) is 2. The number of Topliss-reactive ketones (excluding diaryl/α,β-unsaturated/α-hetero) is 1. The molecule has 0 saturated heterocycles. The zero-order valence-electron chi connectivity index (χ0n) is 22.8. The van der Waals surface area contributed by atoms with Crippen molar-refractivity contribution in [2.75, 3.05) is 6.61 Å². The van der Waals surface area contributed by atoms with Crippen LogP contribution in [0.15, 0.2) is 11.4 Å². The van der Waals surface area contributed by atoms with Crippen LogP contribution >= 0.6 is 12.2 Å². The van der Waals surface area contributed by atoms with Gasteiger partial charge in [0, 0.05) is 35.2 Å². The number of allylic oxidation sites excluding steroid dienone is 1. The molecule has 4 aliphatic carbocycles. The van der Waals surface area contributed by atoms with Gasteiger partial charge in [0.05, 0.1) is 12.7 Å². The van der Waals surface area contributed by atoms with Crippen molar-refractivity contribution < 1.29 is 33.0 Å². The van der Waals surface area contributed by atoms with Crippen LogP contribution in [0.5, 0.6) is 0 Å². The lowest BCUT2D eigenvalue weighted by Gasteiger charge is -2.61. The highest BCUT2D eigenvalue weighted by Crippen LogP contribution is 2.70. The summed E-state index contributed by atoms with van der Waals surface area (Å²) in [5.74, 6) is -2.96. The number of hydrogen-bond donors (Lipinski definition) is 1. The number of esters is 1. The number of alkyl halides is 1. The van der Waals surface area contributed by atoms with Crippen LogP contribution in [0.3, 0.4) is 0 Å². The van der Waals surface area contributed by atoms with Crippen molar-refractivity contribution in [1.82, 2.24) is 0 Å². The Hall–Kier alpha value is -1.41. The summed E-state index contributed by atoms with van der Waals surface area (Å²) in [4.78, 5) is 24.9. The lowest BCUT2D eigenvalue weighted by molar-refractivity contribution is -0.191. The van der Waals surface area contributed by atoms with Gasteiger partial charge in [0.2, 0.25) is 5.05 Å². The van der Waals surface area contributed by atoms with E-state index in [0.29, 0.717) is 19.4 Å². The standard InChI is InChI=1S/C29H42F2O5S/c1-6-8-9-12-35-26(37)29(36-22(34)7-2)16(3)13-18-17-14-19(30)24-25(31)20(32)10-11-27(24,4)23(17)21(33)15-28(18,29)5/h16-19,21,23,33H,6-15H2,1-5H3/t16-,17+,18+,19+,21+,23-,27-,28+,29+/m1/s1. The van der Waals surface area contributed by atoms with Gasteiger partial charge in [-0.25, -0.2) is 8.78 Å². The van der Waals surface area contributed by atoms with Gasteiger partial charge >= 0.3 is 5.97 Å². The lowest BCUT2D eigenvalue weighted by atomic mass is 9.45. The second-order valence-corrected chi connectivity index (χ2v) is 12.7. The molecule has 0 unspecified atom stereocenters. The summed E-state index contributed by atoms with van der Waals surface area (Å²) >= 11 is 5.86. The molecular formula is C29H42F2O5S. The molecular weight excluding hydrogens is 498 g/mol. The highest BCUT2D eigenvalue weighted by Gasteiger charge is 2.73. The number of halogens is 2. The van der Waals surface area contributed by atoms with Crippen LogP contribution in [-0.4, -0.2) is 46.4 Å². The minimum atomic E-state index is -1.59. The van der Waals surface area contributed by atoms with Crippen molar-refractivity contribution in [2.45, 2.75) is 110 Å². The number of ketones is 1. The summed E-state index contributed by atoms with van der Waals surface area (Å²) in [6, 6.07) is 0. The van der Waals surface area contributed by atoms with Crippen LogP contribution in [0.4, 0.5) is 8.78 Å². The molecule has 1 N–H and O–H groups in total. The molecule has 37 heavy (non-hydrogen) atoms. The number of rotatable bonds is 7. The first-order chi connectivity index (χ1) is 17.4. The summed E-state index contributed by atoms with van der Waals surface area (Å²) in [5, 5.41) is 12.0. The number of carbonyl (C=O) groups is 2. The number of aliphatic hydroxyl groups is 1. The normalized spacial score (nSPS) is 43.1. The first-order valence-electron chi connectivity index (χ1n) is 14.0. The molecule has 3 fully saturated rings. The third-order valence-corrected chi connectivity index (χ3v) is 10.8. The van der Waals surface area contributed by atoms with Crippen LogP contribution in [0.2, 0.25) is 0 Å². The minimum absolute atomic E-state index is 0.0145. The molecule has 0 aromatic carbocycles. The highest BCUT2D eigenvalue weighted by molar-refractivity contribution is 7.80. The van der Waals surface area contributed by atoms with Crippen LogP contribution in [0.1, 0.15) is 92.4 Å². The molecule has 0 aliphatic heterocycles. The Bertz CT molecular complexity index is 983. The van der Waals surface area contributed by atoms with Gasteiger partial charge in [-0.3, -0.25) is 9.59 Å². The maximum atomic E-state index is 15.8. The molecule has 0 spiro atoms. The third-order valence-electron chi connectivity index (χ3n) is 10.3. The topological polar surface area (TPSA) is 72.8 Å². The van der Waals surface area contributed by atoms with Crippen LogP contribution in [0, 0.1) is 34.5 Å². The van der Waals surface area contributed by atoms with Gasteiger partial charge in [-0.2, -0.15) is 0 Å². The Morgan fingerprint density at radius 1 is 1.22 bits per heavy atom. The smallest absolute Gasteiger partial charge is 0.306 e. The molecule has 4 aliphatic rings. The van der Waals surface area contributed by atoms with E-state index < -0.39 is 46.2 Å². The molecule has 4 rings (SSSR count). The molecule has 5 nitrogen and oxygen atoms in total. The molecule has 0 amide bonds. The number of thiocarbonyl (C=S) groups is 1. The minimum Gasteiger partial charge on any atom is -0.483 e. The summed E-state index contributed by atoms with van der Waals surface area (Å²) in [6.07, 6.45) is 1.81. The zero-order valence-corrected chi connectivity index (χ0v) is 23.6. The Morgan fingerprint density at radius 2 is 1.92 bits per heavy atom. The highest BCUT2D eigenvalue weighted by atomic mass is 32.1. The number of fused-ring (bicyclic) bond motifs is 5. The quantitative estimate of drug-likeness (QED) is 0.235. The largest absolute Gasteiger partial charge is 0.483 e. The Labute approximate surface area is 224 Å². The Balaban J connectivity index is 1.76. The van der Waals surface area contributed by atoms with Crippen molar-refractivity contribution in [3.05, 3.63) is 11.4 Å². The first-order valence-corrected chi connectivity index (χ1v) is 14.4. The first kappa shape index (κ1) is 28.6. The lowest BCUT2D eigenvalue weighted by Crippen LogP contribution is -2.64.